The molecule has 0 amide bonds. The number of fused-ring (bicyclic) bond motifs is 3. The van der Waals surface area contributed by atoms with E-state index < -0.39 is 6.17 Å². The molecule has 2 unspecified atom stereocenters. The van der Waals surface area contributed by atoms with Crippen LogP contribution < -0.4 is 16.5 Å². The number of rotatable bonds is 12. The van der Waals surface area contributed by atoms with Crippen molar-refractivity contribution in [3.8, 4) is 22.3 Å². The quantitative estimate of drug-likeness (QED) is 0.0858. The molecule has 3 atom stereocenters. The molecule has 2 aliphatic rings. The van der Waals surface area contributed by atoms with Gasteiger partial charge in [0.1, 0.15) is 0 Å². The summed E-state index contributed by atoms with van der Waals surface area (Å²) in [6, 6.07) is 51.8. The number of anilines is 1. The van der Waals surface area contributed by atoms with Crippen LogP contribution in [0.2, 0.25) is 0 Å². The molecule has 4 N–H and O–H groups in total. The van der Waals surface area contributed by atoms with Crippen LogP contribution in [0.4, 0.5) is 5.69 Å². The second kappa shape index (κ2) is 16.7. The highest BCUT2D eigenvalue weighted by atomic mass is 15.6. The average molecular weight is 758 g/mol. The maximum absolute atomic E-state index is 7.20. The molecule has 5 nitrogen and oxygen atoms in total. The van der Waals surface area contributed by atoms with Gasteiger partial charge >= 0.3 is 0 Å². The minimum atomic E-state index is -0.418. The molecule has 1 heterocycles. The van der Waals surface area contributed by atoms with E-state index in [1.807, 2.05) is 6.07 Å². The summed E-state index contributed by atoms with van der Waals surface area (Å²) in [4.78, 5) is 0. The Labute approximate surface area is 342 Å². The van der Waals surface area contributed by atoms with Crippen molar-refractivity contribution in [3.63, 3.8) is 0 Å². The number of benzene rings is 6. The molecule has 0 saturated carbocycles. The fourth-order valence-corrected chi connectivity index (χ4v) is 8.81. The summed E-state index contributed by atoms with van der Waals surface area (Å²) in [5.41, 5.74) is 25.1. The SMILES string of the molecule is CC1CC=CC=C1n1c2ccccc2c2c(-c3ccccc3)c(C3=C[C@@H](C)CC=C3)c(NCN(NCc3ccccc3)C(N)c3ccccc3)c(-c3ccccc3)c21. The molecule has 58 heavy (non-hydrogen) atoms. The van der Waals surface area contributed by atoms with Crippen molar-refractivity contribution in [3.05, 3.63) is 199 Å². The van der Waals surface area contributed by atoms with Gasteiger partial charge in [-0.2, -0.15) is 0 Å². The smallest absolute Gasteiger partial charge is 0.0987 e. The fourth-order valence-electron chi connectivity index (χ4n) is 8.81. The van der Waals surface area contributed by atoms with E-state index in [1.165, 1.54) is 60.9 Å². The number of hydrogen-bond donors (Lipinski definition) is 3. The first-order chi connectivity index (χ1) is 28.6. The third-order valence-corrected chi connectivity index (χ3v) is 11.7. The lowest BCUT2D eigenvalue weighted by molar-refractivity contribution is 0.134. The highest BCUT2D eigenvalue weighted by Gasteiger charge is 2.31. The molecule has 0 spiro atoms. The van der Waals surface area contributed by atoms with E-state index in [4.69, 9.17) is 5.73 Å². The molecule has 0 fully saturated rings. The first kappa shape index (κ1) is 37.3. The zero-order valence-electron chi connectivity index (χ0n) is 33.4. The Morgan fingerprint density at radius 2 is 1.34 bits per heavy atom. The predicted octanol–water partition coefficient (Wildman–Crippen LogP) is 12.6. The summed E-state index contributed by atoms with van der Waals surface area (Å²) in [5, 5.41) is 8.78. The molecule has 1 aromatic heterocycles. The largest absolute Gasteiger partial charge is 0.370 e. The van der Waals surface area contributed by atoms with Crippen LogP contribution >= 0.6 is 0 Å². The minimum Gasteiger partial charge on any atom is -0.370 e. The van der Waals surface area contributed by atoms with Crippen molar-refractivity contribution in [1.82, 2.24) is 15.0 Å². The average Bonchev–Trinajstić information content (AvgIpc) is 3.61. The molecule has 5 heteroatoms. The molecular weight excluding hydrogens is 707 g/mol. The van der Waals surface area contributed by atoms with Crippen molar-refractivity contribution < 1.29 is 0 Å². The summed E-state index contributed by atoms with van der Waals surface area (Å²) >= 11 is 0. The Hall–Kier alpha value is -6.24. The normalized spacial score (nSPS) is 17.1. The maximum atomic E-state index is 7.20. The van der Waals surface area contributed by atoms with E-state index in [0.717, 1.165) is 29.7 Å². The molecule has 0 saturated heterocycles. The van der Waals surface area contributed by atoms with Crippen molar-refractivity contribution in [2.45, 2.75) is 39.4 Å². The van der Waals surface area contributed by atoms with Gasteiger partial charge in [-0.1, -0.05) is 184 Å². The molecule has 7 aromatic rings. The van der Waals surface area contributed by atoms with Gasteiger partial charge in [0.2, 0.25) is 0 Å². The van der Waals surface area contributed by atoms with Gasteiger partial charge in [-0.15, -0.1) is 0 Å². The zero-order valence-corrected chi connectivity index (χ0v) is 33.4. The number of hydrogen-bond acceptors (Lipinski definition) is 4. The maximum Gasteiger partial charge on any atom is 0.0987 e. The lowest BCUT2D eigenvalue weighted by Crippen LogP contribution is -2.47. The van der Waals surface area contributed by atoms with Gasteiger partial charge in [0.05, 0.1) is 29.6 Å². The topological polar surface area (TPSA) is 58.2 Å². The van der Waals surface area contributed by atoms with Gasteiger partial charge in [-0.25, -0.2) is 10.4 Å². The lowest BCUT2D eigenvalue weighted by Gasteiger charge is -2.32. The summed E-state index contributed by atoms with van der Waals surface area (Å²) < 4.78 is 2.57. The summed E-state index contributed by atoms with van der Waals surface area (Å²) in [5.74, 6) is 0.722. The van der Waals surface area contributed by atoms with Gasteiger partial charge in [0, 0.05) is 45.6 Å². The van der Waals surface area contributed by atoms with Crippen LogP contribution in [-0.2, 0) is 6.54 Å². The molecule has 0 aliphatic heterocycles. The first-order valence-electron chi connectivity index (χ1n) is 20.6. The number of allylic oxidation sites excluding steroid dienone is 8. The second-order valence-electron chi connectivity index (χ2n) is 15.7. The van der Waals surface area contributed by atoms with E-state index in [9.17, 15) is 0 Å². The molecule has 0 bridgehead atoms. The van der Waals surface area contributed by atoms with Crippen molar-refractivity contribution >= 4 is 38.8 Å². The van der Waals surface area contributed by atoms with Gasteiger partial charge in [0.25, 0.3) is 0 Å². The van der Waals surface area contributed by atoms with Gasteiger partial charge in [0.15, 0.2) is 0 Å². The molecule has 2 aliphatic carbocycles. The molecule has 9 rings (SSSR count). The zero-order chi connectivity index (χ0) is 39.4. The number of nitrogens with zero attached hydrogens (tertiary/aromatic N) is 2. The fraction of sp³-hybridized carbons (Fsp3) is 0.170. The van der Waals surface area contributed by atoms with E-state index in [0.29, 0.717) is 25.0 Å². The van der Waals surface area contributed by atoms with Crippen LogP contribution in [0.5, 0.6) is 0 Å². The third kappa shape index (κ3) is 7.25. The lowest BCUT2D eigenvalue weighted by atomic mass is 9.82. The molecule has 288 valence electrons. The number of hydrazine groups is 1. The predicted molar refractivity (Wildman–Crippen MR) is 245 cm³/mol. The molecule has 0 radical (unpaired) electrons. The Morgan fingerprint density at radius 1 is 0.707 bits per heavy atom. The number of para-hydroxylation sites is 1. The van der Waals surface area contributed by atoms with Crippen LogP contribution in [0, 0.1) is 11.8 Å². The summed E-state index contributed by atoms with van der Waals surface area (Å²) in [7, 11) is 0. The molecule has 6 aromatic carbocycles. The van der Waals surface area contributed by atoms with Crippen molar-refractivity contribution in [2.75, 3.05) is 12.0 Å². The molecular formula is C53H51N5. The van der Waals surface area contributed by atoms with Gasteiger partial charge in [-0.05, 0) is 58.7 Å². The van der Waals surface area contributed by atoms with E-state index in [1.54, 1.807) is 0 Å². The Morgan fingerprint density at radius 3 is 2.03 bits per heavy atom. The standard InChI is InChI=1S/C53H51N5/c1-37-20-19-30-43(34-37)48-47(40-24-9-4-10-25-40)50-44-31-16-18-33-46(44)58(45-32-17-15-21-38(45)2)52(50)49(41-26-11-5-12-27-41)51(48)55-36-57(53(54)42-28-13-6-14-29-42)56-35-39-22-7-3-8-23-39/h3-19,22-34,37-38,53,55-56H,20-21,35-36,54H2,1-2H3/t37-,38?,53?/m0/s1. The van der Waals surface area contributed by atoms with Gasteiger partial charge in [-0.3, -0.25) is 0 Å². The van der Waals surface area contributed by atoms with E-state index in [-0.39, 0.29) is 0 Å². The van der Waals surface area contributed by atoms with E-state index >= 15 is 0 Å². The van der Waals surface area contributed by atoms with Crippen LogP contribution in [0.3, 0.4) is 0 Å². The highest BCUT2D eigenvalue weighted by Crippen LogP contribution is 2.53. The van der Waals surface area contributed by atoms with Crippen LogP contribution in [0.1, 0.15) is 49.5 Å². The Kier molecular flexibility index (Phi) is 10.8. The van der Waals surface area contributed by atoms with E-state index in [2.05, 4.69) is 210 Å². The summed E-state index contributed by atoms with van der Waals surface area (Å²) in [6.45, 7) is 5.74. The van der Waals surface area contributed by atoms with Crippen molar-refractivity contribution in [1.29, 1.82) is 0 Å². The monoisotopic (exact) mass is 757 g/mol. The van der Waals surface area contributed by atoms with Gasteiger partial charge < -0.3 is 15.6 Å². The minimum absolute atomic E-state index is 0.329. The Balaban J connectivity index is 1.37. The number of nitrogens with one attached hydrogen (secondary N) is 2. The van der Waals surface area contributed by atoms with Crippen LogP contribution in [0.15, 0.2) is 182 Å². The Bertz CT molecular complexity index is 2650. The number of nitrogens with two attached hydrogens (primary N) is 1. The van der Waals surface area contributed by atoms with Crippen LogP contribution in [0.25, 0.3) is 55.3 Å². The van der Waals surface area contributed by atoms with Crippen molar-refractivity contribution in [2.24, 2.45) is 17.6 Å². The first-order valence-corrected chi connectivity index (χ1v) is 20.6. The number of aromatic nitrogens is 1. The summed E-state index contributed by atoms with van der Waals surface area (Å²) in [6.07, 6.45) is 15.6. The second-order valence-corrected chi connectivity index (χ2v) is 15.7. The third-order valence-electron chi connectivity index (χ3n) is 11.7. The van der Waals surface area contributed by atoms with Crippen LogP contribution in [-0.4, -0.2) is 16.2 Å². The highest BCUT2D eigenvalue weighted by molar-refractivity contribution is 6.25.